The van der Waals surface area contributed by atoms with Gasteiger partial charge < -0.3 is 5.32 Å². The summed E-state index contributed by atoms with van der Waals surface area (Å²) in [7, 11) is 0. The second-order valence-corrected chi connectivity index (χ2v) is 4.84. The summed E-state index contributed by atoms with van der Waals surface area (Å²) in [5.74, 6) is 1.34. The van der Waals surface area contributed by atoms with Crippen LogP contribution < -0.4 is 5.32 Å². The maximum Gasteiger partial charge on any atom is 0.319 e. The average Bonchev–Trinajstić information content (AvgIpc) is 3.02. The molecule has 0 aliphatic carbocycles. The van der Waals surface area contributed by atoms with E-state index in [4.69, 9.17) is 0 Å². The predicted octanol–water partition coefficient (Wildman–Crippen LogP) is 3.05. The lowest BCUT2D eigenvalue weighted by molar-refractivity contribution is 0.0673. The zero-order valence-electron chi connectivity index (χ0n) is 12.3. The van der Waals surface area contributed by atoms with E-state index < -0.39 is 6.55 Å². The maximum atomic E-state index is 12.8. The minimum Gasteiger partial charge on any atom is -0.363 e. The van der Waals surface area contributed by atoms with E-state index in [2.05, 4.69) is 25.3 Å². The third kappa shape index (κ3) is 3.47. The number of rotatable bonds is 5. The van der Waals surface area contributed by atoms with Crippen LogP contribution in [0.15, 0.2) is 43.0 Å². The minimum atomic E-state index is -2.62. The minimum absolute atomic E-state index is 0.142. The first-order valence-electron chi connectivity index (χ1n) is 6.93. The monoisotopic (exact) mass is 316 g/mol. The fraction of sp³-hybridized carbons (Fsp3) is 0.200. The molecule has 0 saturated carbocycles. The molecule has 0 aliphatic rings. The quantitative estimate of drug-likeness (QED) is 0.783. The molecule has 23 heavy (non-hydrogen) atoms. The summed E-state index contributed by atoms with van der Waals surface area (Å²) in [5, 5.41) is 3.01. The highest BCUT2D eigenvalue weighted by Gasteiger charge is 2.11. The Labute approximate surface area is 131 Å². The van der Waals surface area contributed by atoms with E-state index in [1.54, 1.807) is 18.5 Å². The molecule has 3 aromatic heterocycles. The molecule has 0 aliphatic heterocycles. The Balaban J connectivity index is 1.81. The molecular formula is C15H14F2N6. The SMILES string of the molecule is Cc1cc(NCc2nccn2C(F)F)nc(-c2ccncc2)n1. The van der Waals surface area contributed by atoms with E-state index in [-0.39, 0.29) is 12.4 Å². The van der Waals surface area contributed by atoms with Crippen molar-refractivity contribution in [3.8, 4) is 11.4 Å². The highest BCUT2D eigenvalue weighted by molar-refractivity contribution is 5.56. The Kier molecular flexibility index (Phi) is 4.22. The van der Waals surface area contributed by atoms with Gasteiger partial charge in [0.1, 0.15) is 11.6 Å². The number of hydrogen-bond donors (Lipinski definition) is 1. The van der Waals surface area contributed by atoms with Gasteiger partial charge >= 0.3 is 6.55 Å². The van der Waals surface area contributed by atoms with Crippen molar-refractivity contribution in [3.63, 3.8) is 0 Å². The number of aromatic nitrogens is 5. The van der Waals surface area contributed by atoms with E-state index in [1.807, 2.05) is 19.1 Å². The largest absolute Gasteiger partial charge is 0.363 e. The number of imidazole rings is 1. The number of halogens is 2. The Hall–Kier alpha value is -2.90. The van der Waals surface area contributed by atoms with Crippen LogP contribution >= 0.6 is 0 Å². The van der Waals surface area contributed by atoms with Crippen molar-refractivity contribution in [3.05, 3.63) is 54.5 Å². The zero-order valence-corrected chi connectivity index (χ0v) is 12.3. The molecule has 0 atom stereocenters. The van der Waals surface area contributed by atoms with Gasteiger partial charge in [0.25, 0.3) is 0 Å². The molecular weight excluding hydrogens is 302 g/mol. The van der Waals surface area contributed by atoms with E-state index >= 15 is 0 Å². The molecule has 3 aromatic rings. The molecule has 3 rings (SSSR count). The first-order chi connectivity index (χ1) is 11.1. The Morgan fingerprint density at radius 3 is 2.70 bits per heavy atom. The van der Waals surface area contributed by atoms with Gasteiger partial charge in [-0.15, -0.1) is 0 Å². The van der Waals surface area contributed by atoms with Gasteiger partial charge in [-0.2, -0.15) is 8.78 Å². The van der Waals surface area contributed by atoms with Crippen LogP contribution in [0.2, 0.25) is 0 Å². The molecule has 0 spiro atoms. The van der Waals surface area contributed by atoms with Crippen LogP contribution in [0, 0.1) is 6.92 Å². The zero-order chi connectivity index (χ0) is 16.2. The number of pyridine rings is 1. The Morgan fingerprint density at radius 1 is 1.17 bits per heavy atom. The number of anilines is 1. The summed E-state index contributed by atoms with van der Waals surface area (Å²) in [5.41, 5.74) is 1.60. The van der Waals surface area contributed by atoms with Crippen molar-refractivity contribution in [2.45, 2.75) is 20.0 Å². The highest BCUT2D eigenvalue weighted by Crippen LogP contribution is 2.18. The lowest BCUT2D eigenvalue weighted by Crippen LogP contribution is -2.10. The summed E-state index contributed by atoms with van der Waals surface area (Å²) in [6, 6.07) is 5.37. The molecule has 1 N–H and O–H groups in total. The molecule has 118 valence electrons. The highest BCUT2D eigenvalue weighted by atomic mass is 19.3. The lowest BCUT2D eigenvalue weighted by Gasteiger charge is -2.10. The number of nitrogens with zero attached hydrogens (tertiary/aromatic N) is 5. The van der Waals surface area contributed by atoms with Gasteiger partial charge in [-0.3, -0.25) is 9.55 Å². The van der Waals surface area contributed by atoms with Crippen molar-refractivity contribution >= 4 is 5.82 Å². The fourth-order valence-electron chi connectivity index (χ4n) is 2.12. The number of alkyl halides is 2. The molecule has 0 radical (unpaired) electrons. The van der Waals surface area contributed by atoms with Gasteiger partial charge in [-0.05, 0) is 19.1 Å². The molecule has 3 heterocycles. The molecule has 0 bridgehead atoms. The summed E-state index contributed by atoms with van der Waals surface area (Å²) >= 11 is 0. The van der Waals surface area contributed by atoms with Crippen molar-refractivity contribution in [1.82, 2.24) is 24.5 Å². The first-order valence-corrected chi connectivity index (χ1v) is 6.93. The molecule has 0 saturated heterocycles. The second kappa shape index (κ2) is 6.47. The smallest absolute Gasteiger partial charge is 0.319 e. The molecule has 0 amide bonds. The van der Waals surface area contributed by atoms with E-state index in [0.717, 1.165) is 15.8 Å². The Bertz CT molecular complexity index is 788. The summed E-state index contributed by atoms with van der Waals surface area (Å²) < 4.78 is 26.4. The summed E-state index contributed by atoms with van der Waals surface area (Å²) in [6.07, 6.45) is 5.91. The van der Waals surface area contributed by atoms with Crippen molar-refractivity contribution in [2.24, 2.45) is 0 Å². The first kappa shape index (κ1) is 15.0. The third-order valence-corrected chi connectivity index (χ3v) is 3.18. The van der Waals surface area contributed by atoms with Gasteiger partial charge in [0.05, 0.1) is 6.54 Å². The van der Waals surface area contributed by atoms with Crippen LogP contribution in [0.1, 0.15) is 18.1 Å². The summed E-state index contributed by atoms with van der Waals surface area (Å²) in [6.45, 7) is -0.630. The number of aryl methyl sites for hydroxylation is 1. The normalized spacial score (nSPS) is 11.0. The molecule has 6 nitrogen and oxygen atoms in total. The number of hydrogen-bond acceptors (Lipinski definition) is 5. The van der Waals surface area contributed by atoms with Crippen molar-refractivity contribution in [2.75, 3.05) is 5.32 Å². The maximum absolute atomic E-state index is 12.8. The van der Waals surface area contributed by atoms with Crippen LogP contribution in [0.4, 0.5) is 14.6 Å². The van der Waals surface area contributed by atoms with Crippen molar-refractivity contribution in [1.29, 1.82) is 0 Å². The molecule has 0 fully saturated rings. The van der Waals surface area contributed by atoms with Gasteiger partial charge in [0, 0.05) is 42.1 Å². The number of nitrogens with one attached hydrogen (secondary N) is 1. The van der Waals surface area contributed by atoms with Crippen LogP contribution in [-0.4, -0.2) is 24.5 Å². The van der Waals surface area contributed by atoms with Gasteiger partial charge in [-0.25, -0.2) is 15.0 Å². The van der Waals surface area contributed by atoms with E-state index in [1.165, 1.54) is 12.4 Å². The van der Waals surface area contributed by atoms with Crippen LogP contribution in [0.5, 0.6) is 0 Å². The fourth-order valence-corrected chi connectivity index (χ4v) is 2.12. The average molecular weight is 316 g/mol. The topological polar surface area (TPSA) is 68.5 Å². The van der Waals surface area contributed by atoms with E-state index in [0.29, 0.717) is 11.6 Å². The molecule has 0 unspecified atom stereocenters. The van der Waals surface area contributed by atoms with Crippen LogP contribution in [0.25, 0.3) is 11.4 Å². The standard InChI is InChI=1S/C15H14F2N6/c1-10-8-12(20-9-13-19-6-7-23(13)15(16)17)22-14(21-10)11-2-4-18-5-3-11/h2-8,15H,9H2,1H3,(H,20,21,22). The summed E-state index contributed by atoms with van der Waals surface area (Å²) in [4.78, 5) is 16.7. The van der Waals surface area contributed by atoms with Crippen molar-refractivity contribution < 1.29 is 8.78 Å². The molecule has 0 aromatic carbocycles. The molecule has 8 heteroatoms. The van der Waals surface area contributed by atoms with E-state index in [9.17, 15) is 8.78 Å². The van der Waals surface area contributed by atoms with Gasteiger partial charge in [0.15, 0.2) is 5.82 Å². The van der Waals surface area contributed by atoms with Crippen LogP contribution in [0.3, 0.4) is 0 Å². The van der Waals surface area contributed by atoms with Gasteiger partial charge in [0.2, 0.25) is 0 Å². The van der Waals surface area contributed by atoms with Crippen LogP contribution in [-0.2, 0) is 6.54 Å². The second-order valence-electron chi connectivity index (χ2n) is 4.84. The Morgan fingerprint density at radius 2 is 1.96 bits per heavy atom. The third-order valence-electron chi connectivity index (χ3n) is 3.18. The van der Waals surface area contributed by atoms with Gasteiger partial charge in [-0.1, -0.05) is 0 Å². The lowest BCUT2D eigenvalue weighted by atomic mass is 10.2. The predicted molar refractivity (Wildman–Crippen MR) is 80.8 cm³/mol.